The lowest BCUT2D eigenvalue weighted by molar-refractivity contribution is 0.300. The number of aliphatic hydroxyl groups excluding tert-OH is 4. The number of hydrogen-bond donors (Lipinski definition) is 4. The standard InChI is InChI=1S/3C25H30FN5O2.C24H29FN6O2/c1-30(13-14-32)18-3-4-21-19(15-18)23(29-24(28-21)25(26)8-9-25)31-11-6-17(7-12-31)20-16-27-10-5-22(20)33-2;1-30(14-15-32)18-5-6-20-19(16-18)23(29-24(28-20)25(26)9-10-25)31-12-7-17(8-13-31)22-21(33-2)4-3-11-27-22;1-30(14-15-32)18-5-6-21-20(16-18)22(29-24(28-21)25(26)9-10-25)31-12-7-17(8-13-31)19-4-3-11-27-23(19)33-2;1-30(13-14-32)17-3-4-19-18(15-17)21(29-23(28-19)24(25)7-8-24)31-11-5-16(6-12-31)20-22(33-2)27-10-9-26-20/h3-5,10,15-17,32H,6-9,11-14H2,1-2H3;2*3-6,11,16-17,32H,7-10,12-15H2,1-2H3;3-4,9-10,15-16,32H,5-8,11-14H2,1-2H3. The lowest BCUT2D eigenvalue weighted by Gasteiger charge is -2.34. The van der Waals surface area contributed by atoms with E-state index >= 15 is 0 Å². The Morgan fingerprint density at radius 3 is 0.985 bits per heavy atom. The van der Waals surface area contributed by atoms with Crippen molar-refractivity contribution in [1.82, 2.24) is 64.8 Å². The van der Waals surface area contributed by atoms with Crippen LogP contribution in [0.25, 0.3) is 43.6 Å². The van der Waals surface area contributed by atoms with Gasteiger partial charge in [-0.2, -0.15) is 0 Å². The number of rotatable bonds is 28. The van der Waals surface area contributed by atoms with Crippen LogP contribution < -0.4 is 58.1 Å². The minimum atomic E-state index is -1.40. The average molecular weight is 1810 g/mol. The van der Waals surface area contributed by atoms with Crippen molar-refractivity contribution in [2.75, 3.05) is 201 Å². The summed E-state index contributed by atoms with van der Waals surface area (Å²) < 4.78 is 81.9. The molecule has 4 N–H and O–H groups in total. The molecule has 8 aliphatic rings. The van der Waals surface area contributed by atoms with Crippen molar-refractivity contribution in [3.8, 4) is 23.3 Å². The van der Waals surface area contributed by atoms with Crippen LogP contribution >= 0.6 is 0 Å². The molecule has 0 atom stereocenters. The van der Waals surface area contributed by atoms with Crippen LogP contribution in [0.4, 0.5) is 63.6 Å². The molecule has 8 fully saturated rings. The molecule has 20 rings (SSSR count). The first-order chi connectivity index (χ1) is 64.1. The van der Waals surface area contributed by atoms with Gasteiger partial charge in [-0.05, 0) is 212 Å². The maximum absolute atomic E-state index is 15.0. The molecule has 4 aliphatic heterocycles. The molecule has 12 heterocycles. The van der Waals surface area contributed by atoms with Crippen LogP contribution in [0.2, 0.25) is 0 Å². The maximum atomic E-state index is 15.0. The summed E-state index contributed by atoms with van der Waals surface area (Å²) in [6, 6.07) is 33.6. The predicted octanol–water partition coefficient (Wildman–Crippen LogP) is 14.6. The third kappa shape index (κ3) is 20.0. The van der Waals surface area contributed by atoms with Crippen molar-refractivity contribution in [3.05, 3.63) is 186 Å². The predicted molar refractivity (Wildman–Crippen MR) is 505 cm³/mol. The SMILES string of the molecule is COc1cccnc1C1CCN(c2nc(C3(F)CC3)nc3ccc(N(C)CCO)cc23)CC1.COc1ccncc1C1CCN(c2nc(C3(F)CC3)nc3ccc(N(C)CCO)cc23)CC1.COc1ncccc1C1CCN(c2nc(C3(F)CC3)nc3ccc(N(C)CCO)cc23)CC1.COc1nccnc1C1CCN(c2nc(C3(F)CC3)nc3ccc(N(C)CCO)cc23)CC1. The van der Waals surface area contributed by atoms with Gasteiger partial charge in [0.1, 0.15) is 40.5 Å². The van der Waals surface area contributed by atoms with Crippen molar-refractivity contribution in [2.45, 2.75) is 149 Å². The number of fused-ring (bicyclic) bond motifs is 4. The van der Waals surface area contributed by atoms with E-state index in [2.05, 4.69) is 88.7 Å². The van der Waals surface area contributed by atoms with Gasteiger partial charge in [-0.1, -0.05) is 6.07 Å². The first-order valence-electron chi connectivity index (χ1n) is 46.2. The van der Waals surface area contributed by atoms with Gasteiger partial charge in [0.25, 0.3) is 0 Å². The first kappa shape index (κ1) is 91.8. The zero-order valence-corrected chi connectivity index (χ0v) is 76.5. The number of halogens is 4. The van der Waals surface area contributed by atoms with Gasteiger partial charge in [-0.3, -0.25) is 15.0 Å². The number of hydrogen-bond acceptors (Lipinski definition) is 29. The van der Waals surface area contributed by atoms with E-state index in [1.165, 1.54) is 0 Å². The second-order valence-corrected chi connectivity index (χ2v) is 36.0. The van der Waals surface area contributed by atoms with Gasteiger partial charge in [0.2, 0.25) is 11.8 Å². The summed E-state index contributed by atoms with van der Waals surface area (Å²) in [5.41, 5.74) is 5.52. The minimum Gasteiger partial charge on any atom is -0.496 e. The molecule has 132 heavy (non-hydrogen) atoms. The van der Waals surface area contributed by atoms with E-state index in [0.29, 0.717) is 130 Å². The van der Waals surface area contributed by atoms with Gasteiger partial charge in [0.05, 0.1) is 82.6 Å². The molecule has 0 bridgehead atoms. The number of aliphatic hydroxyl groups is 4. The van der Waals surface area contributed by atoms with Crippen LogP contribution in [-0.4, -0.2) is 247 Å². The number of anilines is 8. The Kier molecular flexibility index (Phi) is 27.7. The summed E-state index contributed by atoms with van der Waals surface area (Å²) in [7, 11) is 14.4. The topological polar surface area (TPSA) is 311 Å². The molecule has 29 nitrogen and oxygen atoms in total. The Balaban J connectivity index is 0.000000123. The van der Waals surface area contributed by atoms with Crippen molar-refractivity contribution in [2.24, 2.45) is 0 Å². The molecular weight excluding hydrogens is 1690 g/mol. The number of likely N-dealkylation sites (N-methyl/N-ethyl adjacent to an activating group) is 4. The molecule has 8 aromatic heterocycles. The second kappa shape index (κ2) is 39.8. The molecule has 0 amide bonds. The number of methoxy groups -OCH3 is 4. The lowest BCUT2D eigenvalue weighted by atomic mass is 9.89. The van der Waals surface area contributed by atoms with Crippen LogP contribution in [0, 0.1) is 0 Å². The fraction of sp³-hybridized carbons (Fsp3) is 0.485. The number of benzene rings is 4. The smallest absolute Gasteiger partial charge is 0.235 e. The Morgan fingerprint density at radius 1 is 0.333 bits per heavy atom. The highest BCUT2D eigenvalue weighted by atomic mass is 19.2. The fourth-order valence-electron chi connectivity index (χ4n) is 18.5. The Bertz CT molecular complexity index is 5300. The number of piperidine rings is 4. The molecule has 4 aromatic carbocycles. The zero-order chi connectivity index (χ0) is 92.0. The number of pyridine rings is 3. The highest BCUT2D eigenvalue weighted by molar-refractivity contribution is 5.96. The summed E-state index contributed by atoms with van der Waals surface area (Å²) in [6.07, 6.45) is 21.8. The van der Waals surface area contributed by atoms with Gasteiger partial charge in [-0.15, -0.1) is 0 Å². The van der Waals surface area contributed by atoms with E-state index in [4.69, 9.17) is 38.9 Å². The Hall–Kier alpha value is -12.1. The molecule has 4 saturated carbocycles. The van der Waals surface area contributed by atoms with E-state index in [1.54, 1.807) is 53.2 Å². The number of aromatic nitrogens is 13. The van der Waals surface area contributed by atoms with Gasteiger partial charge >= 0.3 is 0 Å². The van der Waals surface area contributed by atoms with Gasteiger partial charge in [-0.25, -0.2) is 67.4 Å². The van der Waals surface area contributed by atoms with Crippen molar-refractivity contribution < 1.29 is 56.9 Å². The molecule has 4 saturated heterocycles. The van der Waals surface area contributed by atoms with E-state index < -0.39 is 22.7 Å². The largest absolute Gasteiger partial charge is 0.496 e. The highest BCUT2D eigenvalue weighted by Crippen LogP contribution is 2.54. The normalized spacial score (nSPS) is 17.9. The summed E-state index contributed by atoms with van der Waals surface area (Å²) in [5.74, 6) is 8.64. The molecule has 33 heteroatoms. The molecule has 12 aromatic rings. The molecule has 696 valence electrons. The second-order valence-electron chi connectivity index (χ2n) is 36.0. The van der Waals surface area contributed by atoms with Crippen molar-refractivity contribution >= 4 is 89.6 Å². The molecule has 0 unspecified atom stereocenters. The van der Waals surface area contributed by atoms with E-state index in [9.17, 15) is 38.0 Å². The maximum Gasteiger partial charge on any atom is 0.235 e. The zero-order valence-electron chi connectivity index (χ0n) is 76.5. The summed E-state index contributed by atoms with van der Waals surface area (Å²) >= 11 is 0. The Morgan fingerprint density at radius 2 is 0.644 bits per heavy atom. The van der Waals surface area contributed by atoms with Gasteiger partial charge in [0.15, 0.2) is 46.0 Å². The average Bonchev–Trinajstić information content (AvgIpc) is 1.58. The van der Waals surface area contributed by atoms with Crippen LogP contribution in [-0.2, 0) is 22.7 Å². The third-order valence-corrected chi connectivity index (χ3v) is 27.3. The molecule has 4 aliphatic carbocycles. The molecule has 0 spiro atoms. The quantitative estimate of drug-likeness (QED) is 0.0331. The van der Waals surface area contributed by atoms with Crippen molar-refractivity contribution in [3.63, 3.8) is 0 Å². The first-order valence-corrected chi connectivity index (χ1v) is 46.2. The summed E-state index contributed by atoms with van der Waals surface area (Å²) in [4.78, 5) is 76.4. The molecular formula is C99H119F4N21O8. The van der Waals surface area contributed by atoms with Gasteiger partial charge < -0.3 is 78.6 Å². The minimum absolute atomic E-state index is 0.0700. The van der Waals surface area contributed by atoms with E-state index in [0.717, 1.165) is 227 Å². The number of alkyl halides is 4. The van der Waals surface area contributed by atoms with Crippen LogP contribution in [0.5, 0.6) is 23.3 Å². The Labute approximate surface area is 766 Å². The fourth-order valence-corrected chi connectivity index (χ4v) is 18.5. The monoisotopic (exact) mass is 1810 g/mol. The number of ether oxygens (including phenoxy) is 4. The van der Waals surface area contributed by atoms with Crippen LogP contribution in [0.3, 0.4) is 0 Å². The van der Waals surface area contributed by atoms with Crippen LogP contribution in [0.15, 0.2) is 140 Å². The van der Waals surface area contributed by atoms with Crippen molar-refractivity contribution in [1.29, 1.82) is 0 Å². The lowest BCUT2D eigenvalue weighted by Crippen LogP contribution is -2.34. The highest BCUT2D eigenvalue weighted by Gasteiger charge is 2.52. The summed E-state index contributed by atoms with van der Waals surface area (Å²) in [5, 5.41) is 41.0. The third-order valence-electron chi connectivity index (χ3n) is 27.3. The van der Waals surface area contributed by atoms with Crippen LogP contribution in [0.1, 0.15) is 172 Å². The molecule has 0 radical (unpaired) electrons. The van der Waals surface area contributed by atoms with E-state index in [-0.39, 0.29) is 32.3 Å². The summed E-state index contributed by atoms with van der Waals surface area (Å²) in [6.45, 7) is 8.80. The number of nitrogens with zero attached hydrogens (tertiary/aromatic N) is 21. The van der Waals surface area contributed by atoms with Gasteiger partial charge in [0, 0.05) is 211 Å². The van der Waals surface area contributed by atoms with E-state index in [1.807, 2.05) is 139 Å².